The summed E-state index contributed by atoms with van der Waals surface area (Å²) < 4.78 is 0. The van der Waals surface area contributed by atoms with Crippen molar-refractivity contribution in [2.75, 3.05) is 27.2 Å². The third-order valence-corrected chi connectivity index (χ3v) is 1.13. The molecule has 64 valence electrons. The highest BCUT2D eigenvalue weighted by molar-refractivity contribution is 5.79. The summed E-state index contributed by atoms with van der Waals surface area (Å²) in [6.45, 7) is 3.06. The van der Waals surface area contributed by atoms with Crippen LogP contribution in [0.3, 0.4) is 0 Å². The van der Waals surface area contributed by atoms with Crippen LogP contribution >= 0.6 is 0 Å². The Balaban J connectivity index is 3.59. The van der Waals surface area contributed by atoms with Crippen LogP contribution in [0.15, 0.2) is 4.99 Å². The highest BCUT2D eigenvalue weighted by Crippen LogP contribution is 1.76. The second-order valence-electron chi connectivity index (χ2n) is 2.20. The van der Waals surface area contributed by atoms with Gasteiger partial charge in [0, 0.05) is 20.6 Å². The van der Waals surface area contributed by atoms with Crippen molar-refractivity contribution < 1.29 is 4.79 Å². The van der Waals surface area contributed by atoms with Gasteiger partial charge in [-0.25, -0.2) is 0 Å². The molecule has 4 heteroatoms. The Morgan fingerprint density at radius 1 is 1.73 bits per heavy atom. The van der Waals surface area contributed by atoms with E-state index < -0.39 is 0 Å². The van der Waals surface area contributed by atoms with Gasteiger partial charge in [-0.3, -0.25) is 9.79 Å². The minimum Gasteiger partial charge on any atom is -0.358 e. The summed E-state index contributed by atoms with van der Waals surface area (Å²) in [7, 11) is 3.43. The Bertz CT molecular complexity index is 145. The van der Waals surface area contributed by atoms with Gasteiger partial charge < -0.3 is 10.2 Å². The van der Waals surface area contributed by atoms with Crippen molar-refractivity contribution in [1.82, 2.24) is 10.2 Å². The molecule has 0 aromatic heterocycles. The van der Waals surface area contributed by atoms with Crippen molar-refractivity contribution in [1.29, 1.82) is 0 Å². The fourth-order valence-electron chi connectivity index (χ4n) is 0.567. The molecule has 0 unspecified atom stereocenters. The van der Waals surface area contributed by atoms with Crippen LogP contribution < -0.4 is 5.32 Å². The molecule has 0 heterocycles. The predicted octanol–water partition coefficient (Wildman–Crippen LogP) is -0.288. The van der Waals surface area contributed by atoms with Gasteiger partial charge in [-0.1, -0.05) is 0 Å². The lowest BCUT2D eigenvalue weighted by Crippen LogP contribution is -2.32. The quantitative estimate of drug-likeness (QED) is 0.450. The molecule has 0 fully saturated rings. The number of hydrogen-bond donors (Lipinski definition) is 1. The van der Waals surface area contributed by atoms with Gasteiger partial charge >= 0.3 is 0 Å². The normalized spacial score (nSPS) is 10.1. The first-order valence-corrected chi connectivity index (χ1v) is 3.61. The average Bonchev–Trinajstić information content (AvgIpc) is 2.00. The molecule has 0 aliphatic heterocycles. The number of nitrogens with zero attached hydrogens (tertiary/aromatic N) is 2. The van der Waals surface area contributed by atoms with Crippen LogP contribution in [-0.4, -0.2) is 44.3 Å². The van der Waals surface area contributed by atoms with Crippen molar-refractivity contribution in [2.45, 2.75) is 6.92 Å². The van der Waals surface area contributed by atoms with Gasteiger partial charge in [0.15, 0.2) is 0 Å². The first-order chi connectivity index (χ1) is 5.20. The van der Waals surface area contributed by atoms with Crippen LogP contribution in [0.1, 0.15) is 6.92 Å². The molecule has 0 rings (SSSR count). The van der Waals surface area contributed by atoms with Crippen molar-refractivity contribution in [3.05, 3.63) is 0 Å². The van der Waals surface area contributed by atoms with Gasteiger partial charge in [-0.2, -0.15) is 0 Å². The summed E-state index contributed by atoms with van der Waals surface area (Å²) in [4.78, 5) is 16.5. The average molecular weight is 157 g/mol. The highest BCUT2D eigenvalue weighted by atomic mass is 16.1. The molecule has 0 spiro atoms. The molecular formula is C7H15N3O. The van der Waals surface area contributed by atoms with Crippen LogP contribution in [0.4, 0.5) is 0 Å². The Morgan fingerprint density at radius 2 is 2.36 bits per heavy atom. The Labute approximate surface area is 67.3 Å². The lowest BCUT2D eigenvalue weighted by Gasteiger charge is -2.10. The number of rotatable bonds is 4. The minimum atomic E-state index is -0.00458. The third-order valence-electron chi connectivity index (χ3n) is 1.13. The Morgan fingerprint density at radius 3 is 2.82 bits per heavy atom. The standard InChI is InChI=1S/C7H15N3O/c1-4-9-6-10(3)5-7(11)8-2/h6H,4-5H2,1-3H3,(H,8,11). The molecule has 0 radical (unpaired) electrons. The largest absolute Gasteiger partial charge is 0.358 e. The number of hydrogen-bond acceptors (Lipinski definition) is 2. The zero-order valence-electron chi connectivity index (χ0n) is 7.29. The van der Waals surface area contributed by atoms with Crippen molar-refractivity contribution in [2.24, 2.45) is 4.99 Å². The van der Waals surface area contributed by atoms with Gasteiger partial charge in [0.25, 0.3) is 0 Å². The first kappa shape index (κ1) is 9.94. The number of carbonyl (C=O) groups excluding carboxylic acids is 1. The smallest absolute Gasteiger partial charge is 0.239 e. The molecule has 0 aliphatic carbocycles. The fraction of sp³-hybridized carbons (Fsp3) is 0.714. The van der Waals surface area contributed by atoms with E-state index in [0.717, 1.165) is 6.54 Å². The fourth-order valence-corrected chi connectivity index (χ4v) is 0.567. The van der Waals surface area contributed by atoms with Crippen molar-refractivity contribution >= 4 is 12.2 Å². The highest BCUT2D eigenvalue weighted by Gasteiger charge is 1.98. The van der Waals surface area contributed by atoms with Crippen LogP contribution in [0.25, 0.3) is 0 Å². The summed E-state index contributed by atoms with van der Waals surface area (Å²) in [6, 6.07) is 0. The molecule has 11 heavy (non-hydrogen) atoms. The molecule has 0 saturated heterocycles. The summed E-state index contributed by atoms with van der Waals surface area (Å²) in [5.41, 5.74) is 0. The summed E-state index contributed by atoms with van der Waals surface area (Å²) in [5, 5.41) is 2.53. The zero-order valence-corrected chi connectivity index (χ0v) is 7.29. The van der Waals surface area contributed by atoms with Crippen molar-refractivity contribution in [3.8, 4) is 0 Å². The molecule has 0 aromatic carbocycles. The predicted molar refractivity (Wildman–Crippen MR) is 45.7 cm³/mol. The second-order valence-corrected chi connectivity index (χ2v) is 2.20. The maximum Gasteiger partial charge on any atom is 0.239 e. The van der Waals surface area contributed by atoms with E-state index in [-0.39, 0.29) is 5.91 Å². The molecule has 0 atom stereocenters. The molecule has 0 aromatic rings. The summed E-state index contributed by atoms with van der Waals surface area (Å²) in [5.74, 6) is -0.00458. The van der Waals surface area contributed by atoms with Gasteiger partial charge in [-0.15, -0.1) is 0 Å². The van der Waals surface area contributed by atoms with Crippen LogP contribution in [0.5, 0.6) is 0 Å². The molecule has 0 aliphatic rings. The number of carbonyl (C=O) groups is 1. The van der Waals surface area contributed by atoms with E-state index in [2.05, 4.69) is 10.3 Å². The molecule has 1 N–H and O–H groups in total. The Kier molecular flexibility index (Phi) is 5.15. The van der Waals surface area contributed by atoms with E-state index in [9.17, 15) is 4.79 Å². The topological polar surface area (TPSA) is 44.7 Å². The number of nitrogens with one attached hydrogen (secondary N) is 1. The molecule has 0 saturated carbocycles. The lowest BCUT2D eigenvalue weighted by atomic mass is 10.5. The van der Waals surface area contributed by atoms with E-state index in [1.807, 2.05) is 14.0 Å². The summed E-state index contributed by atoms with van der Waals surface area (Å²) >= 11 is 0. The third kappa shape index (κ3) is 5.39. The number of amides is 1. The second kappa shape index (κ2) is 5.70. The molecule has 1 amide bonds. The first-order valence-electron chi connectivity index (χ1n) is 3.61. The maximum absolute atomic E-state index is 10.8. The van der Waals surface area contributed by atoms with Crippen LogP contribution in [0.2, 0.25) is 0 Å². The van der Waals surface area contributed by atoms with Gasteiger partial charge in [0.1, 0.15) is 0 Å². The van der Waals surface area contributed by atoms with E-state index in [4.69, 9.17) is 0 Å². The van der Waals surface area contributed by atoms with Crippen LogP contribution in [0, 0.1) is 0 Å². The van der Waals surface area contributed by atoms with Crippen molar-refractivity contribution in [3.63, 3.8) is 0 Å². The van der Waals surface area contributed by atoms with Gasteiger partial charge in [0.05, 0.1) is 12.9 Å². The van der Waals surface area contributed by atoms with E-state index in [1.165, 1.54) is 0 Å². The Hall–Kier alpha value is -1.06. The SMILES string of the molecule is CCN=CN(C)CC(=O)NC. The monoisotopic (exact) mass is 157 g/mol. The number of aliphatic imine (C=N–C) groups is 1. The molecule has 0 bridgehead atoms. The summed E-state index contributed by atoms with van der Waals surface area (Å²) in [6.07, 6.45) is 1.66. The molecule has 4 nitrogen and oxygen atoms in total. The maximum atomic E-state index is 10.8. The molecular weight excluding hydrogens is 142 g/mol. The van der Waals surface area contributed by atoms with E-state index in [1.54, 1.807) is 18.3 Å². The van der Waals surface area contributed by atoms with Gasteiger partial charge in [0.2, 0.25) is 5.91 Å². The lowest BCUT2D eigenvalue weighted by molar-refractivity contribution is -0.120. The number of likely N-dealkylation sites (N-methyl/N-ethyl adjacent to an activating group) is 2. The van der Waals surface area contributed by atoms with Gasteiger partial charge in [-0.05, 0) is 6.92 Å². The van der Waals surface area contributed by atoms with E-state index in [0.29, 0.717) is 6.54 Å². The minimum absolute atomic E-state index is 0.00458. The van der Waals surface area contributed by atoms with E-state index >= 15 is 0 Å². The zero-order chi connectivity index (χ0) is 8.69. The van der Waals surface area contributed by atoms with Crippen LogP contribution in [-0.2, 0) is 4.79 Å².